The van der Waals surface area contributed by atoms with Crippen molar-refractivity contribution in [3.63, 3.8) is 0 Å². The van der Waals surface area contributed by atoms with Crippen molar-refractivity contribution < 1.29 is 14.3 Å². The van der Waals surface area contributed by atoms with Gasteiger partial charge in [-0.3, -0.25) is 4.79 Å². The molecule has 2 heterocycles. The van der Waals surface area contributed by atoms with Crippen molar-refractivity contribution in [2.24, 2.45) is 0 Å². The molecule has 0 amide bonds. The van der Waals surface area contributed by atoms with Gasteiger partial charge >= 0.3 is 0 Å². The third kappa shape index (κ3) is 6.43. The van der Waals surface area contributed by atoms with Crippen molar-refractivity contribution in [3.8, 4) is 5.75 Å². The highest BCUT2D eigenvalue weighted by Gasteiger charge is 2.21. The zero-order chi connectivity index (χ0) is 20.6. The molecular formula is C21H29ClN2O3. The van der Waals surface area contributed by atoms with Crippen LogP contribution >= 0.6 is 11.6 Å². The first-order valence-corrected chi connectivity index (χ1v) is 9.33. The molecule has 2 aromatic rings. The van der Waals surface area contributed by atoms with Crippen LogP contribution in [0.1, 0.15) is 45.7 Å². The number of carbonyl (C=O) groups excluding carboxylic acids is 1. The maximum Gasteiger partial charge on any atom is 0.293 e. The molecule has 0 aliphatic carbocycles. The largest absolute Gasteiger partial charge is 0.487 e. The number of fused-ring (bicyclic) bond motifs is 2. The van der Waals surface area contributed by atoms with Gasteiger partial charge in [0.2, 0.25) is 0 Å². The maximum absolute atomic E-state index is 9.60. The Bertz CT molecular complexity index is 756. The standard InChI is InChI=1S/C14H13ClN2O.C5H10O2.C2H6/c1-9-3-4-13-12(7-9)17(2)14-10(8-18-13)11(15)5-6-16-14;1-5(2,3)7-4-6;1-2/h3-7H,8H2,1-2H3;4H,1-3H3;1-2H3. The second-order valence-electron chi connectivity index (χ2n) is 6.74. The van der Waals surface area contributed by atoms with Gasteiger partial charge in [0.15, 0.2) is 0 Å². The molecule has 1 aromatic heterocycles. The molecule has 148 valence electrons. The highest BCUT2D eigenvalue weighted by molar-refractivity contribution is 6.31. The molecule has 0 N–H and O–H groups in total. The summed E-state index contributed by atoms with van der Waals surface area (Å²) in [5.41, 5.74) is 2.82. The number of aromatic nitrogens is 1. The summed E-state index contributed by atoms with van der Waals surface area (Å²) in [5, 5.41) is 0.691. The highest BCUT2D eigenvalue weighted by atomic mass is 35.5. The van der Waals surface area contributed by atoms with Crippen molar-refractivity contribution in [1.82, 2.24) is 4.98 Å². The summed E-state index contributed by atoms with van der Waals surface area (Å²) in [6.45, 7) is 12.4. The Kier molecular flexibility index (Phi) is 8.57. The summed E-state index contributed by atoms with van der Waals surface area (Å²) in [7, 11) is 1.98. The number of pyridine rings is 1. The van der Waals surface area contributed by atoms with Crippen LogP contribution < -0.4 is 9.64 Å². The minimum Gasteiger partial charge on any atom is -0.487 e. The van der Waals surface area contributed by atoms with E-state index in [0.29, 0.717) is 18.1 Å². The zero-order valence-electron chi connectivity index (χ0n) is 17.2. The van der Waals surface area contributed by atoms with E-state index in [1.54, 1.807) is 12.3 Å². The van der Waals surface area contributed by atoms with Crippen LogP contribution in [0.15, 0.2) is 30.5 Å². The number of ether oxygens (including phenoxy) is 2. The summed E-state index contributed by atoms with van der Waals surface area (Å²) in [4.78, 5) is 16.0. The van der Waals surface area contributed by atoms with Crippen molar-refractivity contribution in [3.05, 3.63) is 46.6 Å². The van der Waals surface area contributed by atoms with E-state index < -0.39 is 0 Å². The second kappa shape index (κ2) is 10.2. The fraction of sp³-hybridized carbons (Fsp3) is 0.429. The summed E-state index contributed by atoms with van der Waals surface area (Å²) >= 11 is 6.21. The van der Waals surface area contributed by atoms with Gasteiger partial charge in [-0.25, -0.2) is 4.98 Å². The number of benzene rings is 1. The number of carbonyl (C=O) groups is 1. The molecule has 1 aliphatic rings. The lowest BCUT2D eigenvalue weighted by molar-refractivity contribution is -0.138. The molecular weight excluding hydrogens is 364 g/mol. The normalized spacial score (nSPS) is 11.9. The predicted octanol–water partition coefficient (Wildman–Crippen LogP) is 5.69. The van der Waals surface area contributed by atoms with Crippen LogP contribution in [-0.2, 0) is 16.1 Å². The van der Waals surface area contributed by atoms with Crippen LogP contribution in [0.2, 0.25) is 5.02 Å². The Morgan fingerprint density at radius 3 is 2.48 bits per heavy atom. The number of hydrogen-bond acceptors (Lipinski definition) is 5. The van der Waals surface area contributed by atoms with Gasteiger partial charge < -0.3 is 14.4 Å². The summed E-state index contributed by atoms with van der Waals surface area (Å²) in [6.07, 6.45) is 1.72. The molecule has 5 nitrogen and oxygen atoms in total. The summed E-state index contributed by atoms with van der Waals surface area (Å²) < 4.78 is 10.4. The highest BCUT2D eigenvalue weighted by Crippen LogP contribution is 2.39. The summed E-state index contributed by atoms with van der Waals surface area (Å²) in [5.74, 6) is 1.71. The van der Waals surface area contributed by atoms with E-state index in [9.17, 15) is 4.79 Å². The monoisotopic (exact) mass is 392 g/mol. The van der Waals surface area contributed by atoms with Crippen molar-refractivity contribution in [2.75, 3.05) is 11.9 Å². The van der Waals surface area contributed by atoms with E-state index in [0.717, 1.165) is 22.8 Å². The van der Waals surface area contributed by atoms with Gasteiger partial charge in [-0.05, 0) is 51.5 Å². The SMILES string of the molecule is CC.CC(C)(C)OC=O.Cc1ccc2c(c1)N(C)c1nccc(Cl)c1CO2. The minimum atomic E-state index is -0.318. The van der Waals surface area contributed by atoms with Gasteiger partial charge in [-0.1, -0.05) is 31.5 Å². The topological polar surface area (TPSA) is 51.7 Å². The van der Waals surface area contributed by atoms with Gasteiger partial charge in [-0.2, -0.15) is 0 Å². The Morgan fingerprint density at radius 2 is 1.93 bits per heavy atom. The second-order valence-corrected chi connectivity index (χ2v) is 7.15. The Labute approximate surface area is 167 Å². The molecule has 0 bridgehead atoms. The molecule has 0 spiro atoms. The van der Waals surface area contributed by atoms with E-state index in [4.69, 9.17) is 16.3 Å². The van der Waals surface area contributed by atoms with Crippen molar-refractivity contribution in [1.29, 1.82) is 0 Å². The van der Waals surface area contributed by atoms with Crippen LogP contribution in [-0.4, -0.2) is 24.1 Å². The van der Waals surface area contributed by atoms with E-state index in [1.165, 1.54) is 5.56 Å². The molecule has 0 saturated heterocycles. The van der Waals surface area contributed by atoms with Crippen molar-refractivity contribution >= 4 is 29.6 Å². The van der Waals surface area contributed by atoms with E-state index in [2.05, 4.69) is 22.7 Å². The Morgan fingerprint density at radius 1 is 1.26 bits per heavy atom. The van der Waals surface area contributed by atoms with Gasteiger partial charge in [-0.15, -0.1) is 0 Å². The molecule has 0 atom stereocenters. The lowest BCUT2D eigenvalue weighted by Gasteiger charge is -2.19. The van der Waals surface area contributed by atoms with Crippen LogP contribution in [0.4, 0.5) is 11.5 Å². The molecule has 0 fully saturated rings. The molecule has 27 heavy (non-hydrogen) atoms. The average molecular weight is 393 g/mol. The zero-order valence-corrected chi connectivity index (χ0v) is 17.9. The number of rotatable bonds is 1. The predicted molar refractivity (Wildman–Crippen MR) is 111 cm³/mol. The molecule has 1 aromatic carbocycles. The third-order valence-electron chi connectivity index (χ3n) is 3.54. The van der Waals surface area contributed by atoms with Crippen LogP contribution in [0, 0.1) is 6.92 Å². The average Bonchev–Trinajstić information content (AvgIpc) is 2.75. The maximum atomic E-state index is 9.60. The lowest BCUT2D eigenvalue weighted by atomic mass is 10.2. The molecule has 0 radical (unpaired) electrons. The van der Waals surface area contributed by atoms with Crippen LogP contribution in [0.3, 0.4) is 0 Å². The molecule has 0 saturated carbocycles. The number of hydrogen-bond donors (Lipinski definition) is 0. The van der Waals surface area contributed by atoms with E-state index in [-0.39, 0.29) is 5.60 Å². The first-order valence-electron chi connectivity index (χ1n) is 8.95. The van der Waals surface area contributed by atoms with Crippen LogP contribution in [0.25, 0.3) is 0 Å². The fourth-order valence-corrected chi connectivity index (χ4v) is 2.50. The number of aryl methyl sites for hydroxylation is 1. The molecule has 3 rings (SSSR count). The molecule has 0 unspecified atom stereocenters. The van der Waals surface area contributed by atoms with E-state index in [1.807, 2.05) is 58.7 Å². The number of halogens is 1. The van der Waals surface area contributed by atoms with Crippen LogP contribution in [0.5, 0.6) is 5.75 Å². The van der Waals surface area contributed by atoms with Gasteiger partial charge in [0.25, 0.3) is 6.47 Å². The molecule has 1 aliphatic heterocycles. The quantitative estimate of drug-likeness (QED) is 0.583. The third-order valence-corrected chi connectivity index (χ3v) is 3.90. The smallest absolute Gasteiger partial charge is 0.293 e. The Balaban J connectivity index is 0.000000346. The molecule has 6 heteroatoms. The minimum absolute atomic E-state index is 0.318. The van der Waals surface area contributed by atoms with Gasteiger partial charge in [0.1, 0.15) is 23.8 Å². The number of nitrogens with zero attached hydrogens (tertiary/aromatic N) is 2. The van der Waals surface area contributed by atoms with Gasteiger partial charge in [0, 0.05) is 13.2 Å². The first kappa shape index (κ1) is 22.8. The fourth-order valence-electron chi connectivity index (χ4n) is 2.30. The van der Waals surface area contributed by atoms with Gasteiger partial charge in [0.05, 0.1) is 16.3 Å². The Hall–Kier alpha value is -2.27. The first-order chi connectivity index (χ1) is 12.7. The van der Waals surface area contributed by atoms with Crippen molar-refractivity contribution in [2.45, 2.75) is 53.8 Å². The number of anilines is 2. The van der Waals surface area contributed by atoms with E-state index >= 15 is 0 Å². The lowest BCUT2D eigenvalue weighted by Crippen LogP contribution is -2.17. The summed E-state index contributed by atoms with van der Waals surface area (Å²) in [6, 6.07) is 7.91.